The van der Waals surface area contributed by atoms with Crippen LogP contribution in [0.2, 0.25) is 0 Å². The third-order valence-electron chi connectivity index (χ3n) is 2.68. The molecule has 0 aromatic heterocycles. The molecule has 0 aliphatic carbocycles. The Bertz CT molecular complexity index is 409. The molecule has 0 amide bonds. The summed E-state index contributed by atoms with van der Waals surface area (Å²) in [5.74, 6) is 0.397. The molecular weight excluding hydrogens is 216 g/mol. The van der Waals surface area contributed by atoms with Gasteiger partial charge >= 0.3 is 5.97 Å². The molecule has 17 heavy (non-hydrogen) atoms. The van der Waals surface area contributed by atoms with E-state index in [2.05, 4.69) is 0 Å². The topological polar surface area (TPSA) is 35.5 Å². The van der Waals surface area contributed by atoms with Crippen molar-refractivity contribution in [1.82, 2.24) is 0 Å². The fourth-order valence-corrected chi connectivity index (χ4v) is 1.90. The van der Waals surface area contributed by atoms with Gasteiger partial charge in [-0.3, -0.25) is 0 Å². The lowest BCUT2D eigenvalue weighted by Gasteiger charge is -2.10. The van der Waals surface area contributed by atoms with Crippen molar-refractivity contribution < 1.29 is 14.3 Å². The first-order chi connectivity index (χ1) is 8.29. The van der Waals surface area contributed by atoms with Gasteiger partial charge in [0.05, 0.1) is 12.7 Å². The molecule has 90 valence electrons. The standard InChI is InChI=1S/C14H16O3/c1-2-16-14(15)10-12-8-9-13(17-12)11-6-4-3-5-7-11/h3-7,10,13H,2,8-9H2,1H3/b12-10-/t13-/m1/s1. The molecule has 1 aliphatic heterocycles. The number of carbonyl (C=O) groups excluding carboxylic acids is 1. The molecule has 3 heteroatoms. The number of carbonyl (C=O) groups is 1. The molecule has 2 rings (SSSR count). The Kier molecular flexibility index (Phi) is 3.81. The van der Waals surface area contributed by atoms with Crippen LogP contribution in [0.3, 0.4) is 0 Å². The molecule has 1 aromatic rings. The number of esters is 1. The number of benzene rings is 1. The first kappa shape index (κ1) is 11.7. The number of ether oxygens (including phenoxy) is 2. The summed E-state index contributed by atoms with van der Waals surface area (Å²) in [6.07, 6.45) is 3.22. The van der Waals surface area contributed by atoms with Crippen LogP contribution < -0.4 is 0 Å². The van der Waals surface area contributed by atoms with E-state index >= 15 is 0 Å². The third kappa shape index (κ3) is 3.09. The maximum absolute atomic E-state index is 11.3. The van der Waals surface area contributed by atoms with Crippen LogP contribution in [0.5, 0.6) is 0 Å². The molecule has 0 saturated carbocycles. The number of hydrogen-bond donors (Lipinski definition) is 0. The van der Waals surface area contributed by atoms with Gasteiger partial charge in [-0.15, -0.1) is 0 Å². The minimum atomic E-state index is -0.323. The number of hydrogen-bond acceptors (Lipinski definition) is 3. The van der Waals surface area contributed by atoms with Crippen molar-refractivity contribution in [2.75, 3.05) is 6.61 Å². The van der Waals surface area contributed by atoms with Crippen LogP contribution in [0.4, 0.5) is 0 Å². The molecule has 3 nitrogen and oxygen atoms in total. The highest BCUT2D eigenvalue weighted by Crippen LogP contribution is 2.34. The second-order valence-corrected chi connectivity index (χ2v) is 3.92. The molecule has 0 spiro atoms. The summed E-state index contributed by atoms with van der Waals surface area (Å²) in [7, 11) is 0. The zero-order valence-electron chi connectivity index (χ0n) is 9.89. The SMILES string of the molecule is CCOC(=O)/C=C1/CC[C@H](c2ccccc2)O1. The quantitative estimate of drug-likeness (QED) is 0.593. The van der Waals surface area contributed by atoms with Gasteiger partial charge in [0.1, 0.15) is 11.9 Å². The first-order valence-electron chi connectivity index (χ1n) is 5.88. The fraction of sp³-hybridized carbons (Fsp3) is 0.357. The lowest BCUT2D eigenvalue weighted by atomic mass is 10.1. The Balaban J connectivity index is 1.98. The summed E-state index contributed by atoms with van der Waals surface area (Å²) in [4.78, 5) is 11.3. The van der Waals surface area contributed by atoms with E-state index in [-0.39, 0.29) is 12.1 Å². The van der Waals surface area contributed by atoms with Crippen LogP contribution in [0.15, 0.2) is 42.2 Å². The normalized spacial score (nSPS) is 21.2. The average Bonchev–Trinajstić information content (AvgIpc) is 2.79. The lowest BCUT2D eigenvalue weighted by molar-refractivity contribution is -0.137. The van der Waals surface area contributed by atoms with Crippen molar-refractivity contribution in [3.05, 3.63) is 47.7 Å². The molecule has 1 aliphatic rings. The van der Waals surface area contributed by atoms with Gasteiger partial charge in [0, 0.05) is 6.42 Å². The number of rotatable bonds is 3. The summed E-state index contributed by atoms with van der Waals surface area (Å²) < 4.78 is 10.6. The molecule has 1 fully saturated rings. The van der Waals surface area contributed by atoms with E-state index in [1.807, 2.05) is 30.3 Å². The van der Waals surface area contributed by atoms with Crippen molar-refractivity contribution >= 4 is 5.97 Å². The van der Waals surface area contributed by atoms with Crippen LogP contribution in [0.1, 0.15) is 31.4 Å². The Morgan fingerprint density at radius 2 is 2.24 bits per heavy atom. The minimum absolute atomic E-state index is 0.0666. The van der Waals surface area contributed by atoms with Crippen molar-refractivity contribution in [3.8, 4) is 0 Å². The van der Waals surface area contributed by atoms with Crippen LogP contribution in [0, 0.1) is 0 Å². The molecule has 0 unspecified atom stereocenters. The lowest BCUT2D eigenvalue weighted by Crippen LogP contribution is -2.01. The van der Waals surface area contributed by atoms with Gasteiger partial charge in [0.15, 0.2) is 0 Å². The van der Waals surface area contributed by atoms with E-state index in [1.165, 1.54) is 6.08 Å². The smallest absolute Gasteiger partial charge is 0.334 e. The zero-order chi connectivity index (χ0) is 12.1. The number of allylic oxidation sites excluding steroid dienone is 1. The molecule has 1 saturated heterocycles. The summed E-state index contributed by atoms with van der Waals surface area (Å²) in [6, 6.07) is 10.0. The van der Waals surface area contributed by atoms with E-state index < -0.39 is 0 Å². The Labute approximate surface area is 101 Å². The summed E-state index contributed by atoms with van der Waals surface area (Å²) in [5, 5.41) is 0. The van der Waals surface area contributed by atoms with Gasteiger partial charge in [-0.2, -0.15) is 0 Å². The summed E-state index contributed by atoms with van der Waals surface area (Å²) >= 11 is 0. The Morgan fingerprint density at radius 1 is 1.47 bits per heavy atom. The van der Waals surface area contributed by atoms with Crippen LogP contribution in [-0.2, 0) is 14.3 Å². The maximum Gasteiger partial charge on any atom is 0.334 e. The minimum Gasteiger partial charge on any atom is -0.490 e. The maximum atomic E-state index is 11.3. The van der Waals surface area contributed by atoms with Gasteiger partial charge in [-0.25, -0.2) is 4.79 Å². The second kappa shape index (κ2) is 5.53. The van der Waals surface area contributed by atoms with Crippen molar-refractivity contribution in [2.24, 2.45) is 0 Å². The van der Waals surface area contributed by atoms with Crippen LogP contribution in [0.25, 0.3) is 0 Å². The monoisotopic (exact) mass is 232 g/mol. The Hall–Kier alpha value is -1.77. The highest BCUT2D eigenvalue weighted by atomic mass is 16.5. The summed E-state index contributed by atoms with van der Waals surface area (Å²) in [6.45, 7) is 2.18. The molecular formula is C14H16O3. The summed E-state index contributed by atoms with van der Waals surface area (Å²) in [5.41, 5.74) is 1.15. The predicted octanol–water partition coefficient (Wildman–Crippen LogP) is 2.99. The Morgan fingerprint density at radius 3 is 2.94 bits per heavy atom. The fourth-order valence-electron chi connectivity index (χ4n) is 1.90. The van der Waals surface area contributed by atoms with E-state index in [9.17, 15) is 4.79 Å². The molecule has 1 aromatic carbocycles. The molecule has 0 radical (unpaired) electrons. The molecule has 0 N–H and O–H groups in total. The van der Waals surface area contributed by atoms with Crippen LogP contribution >= 0.6 is 0 Å². The van der Waals surface area contributed by atoms with Gasteiger partial charge < -0.3 is 9.47 Å². The van der Waals surface area contributed by atoms with Gasteiger partial charge in [0.25, 0.3) is 0 Å². The largest absolute Gasteiger partial charge is 0.490 e. The molecule has 1 heterocycles. The van der Waals surface area contributed by atoms with E-state index in [0.29, 0.717) is 6.61 Å². The van der Waals surface area contributed by atoms with Crippen molar-refractivity contribution in [2.45, 2.75) is 25.9 Å². The van der Waals surface area contributed by atoms with Crippen molar-refractivity contribution in [1.29, 1.82) is 0 Å². The van der Waals surface area contributed by atoms with E-state index in [1.54, 1.807) is 6.92 Å². The van der Waals surface area contributed by atoms with Gasteiger partial charge in [0.2, 0.25) is 0 Å². The third-order valence-corrected chi connectivity index (χ3v) is 2.68. The first-order valence-corrected chi connectivity index (χ1v) is 5.88. The van der Waals surface area contributed by atoms with Gasteiger partial charge in [-0.1, -0.05) is 30.3 Å². The van der Waals surface area contributed by atoms with Crippen LogP contribution in [-0.4, -0.2) is 12.6 Å². The highest BCUT2D eigenvalue weighted by Gasteiger charge is 2.22. The molecule has 1 atom stereocenters. The predicted molar refractivity (Wildman–Crippen MR) is 64.2 cm³/mol. The highest BCUT2D eigenvalue weighted by molar-refractivity contribution is 5.82. The molecule has 0 bridgehead atoms. The van der Waals surface area contributed by atoms with Gasteiger partial charge in [-0.05, 0) is 18.9 Å². The average molecular weight is 232 g/mol. The van der Waals surface area contributed by atoms with Crippen molar-refractivity contribution in [3.63, 3.8) is 0 Å². The zero-order valence-corrected chi connectivity index (χ0v) is 9.89. The van der Waals surface area contributed by atoms with E-state index in [4.69, 9.17) is 9.47 Å². The second-order valence-electron chi connectivity index (χ2n) is 3.92. The van der Waals surface area contributed by atoms with E-state index in [0.717, 1.165) is 24.2 Å².